The van der Waals surface area contributed by atoms with E-state index in [1.807, 2.05) is 5.21 Å². The highest BCUT2D eigenvalue weighted by molar-refractivity contribution is 7.60. The van der Waals surface area contributed by atoms with Crippen molar-refractivity contribution < 1.29 is 32.6 Å². The summed E-state index contributed by atoms with van der Waals surface area (Å²) in [6.45, 7) is 0. The van der Waals surface area contributed by atoms with Crippen LogP contribution in [0, 0.1) is 0 Å². The maximum atomic E-state index is 10.8. The number of rotatable bonds is 4. The minimum absolute atomic E-state index is 0.427. The first kappa shape index (κ1) is 11.3. The Morgan fingerprint density at radius 1 is 1.36 bits per heavy atom. The van der Waals surface area contributed by atoms with Crippen LogP contribution in [-0.2, 0) is 13.4 Å². The van der Waals surface area contributed by atoms with Crippen LogP contribution in [0.15, 0.2) is 6.20 Å². The van der Waals surface area contributed by atoms with Crippen LogP contribution in [0.2, 0.25) is 0 Å². The van der Waals surface area contributed by atoms with E-state index in [4.69, 9.17) is 14.7 Å². The normalized spacial score (nSPS) is 16.2. The molecule has 0 spiro atoms. The summed E-state index contributed by atoms with van der Waals surface area (Å²) >= 11 is 0. The summed E-state index contributed by atoms with van der Waals surface area (Å²) < 4.78 is 28.6. The van der Waals surface area contributed by atoms with E-state index >= 15 is 0 Å². The van der Waals surface area contributed by atoms with Gasteiger partial charge in [-0.1, -0.05) is 0 Å². The summed E-state index contributed by atoms with van der Waals surface area (Å²) in [5.41, 5.74) is 0. The van der Waals surface area contributed by atoms with E-state index in [2.05, 4.69) is 19.0 Å². The van der Waals surface area contributed by atoms with Gasteiger partial charge in [-0.3, -0.25) is 4.89 Å². The summed E-state index contributed by atoms with van der Waals surface area (Å²) in [5, 5.41) is 8.48. The lowest BCUT2D eigenvalue weighted by Crippen LogP contribution is -1.96. The molecule has 1 unspecified atom stereocenters. The van der Waals surface area contributed by atoms with Crippen LogP contribution < -0.4 is 4.52 Å². The molecule has 0 radical (unpaired) electrons. The molecule has 0 aliphatic rings. The molecule has 0 saturated carbocycles. The van der Waals surface area contributed by atoms with Gasteiger partial charge in [0.1, 0.15) is 6.20 Å². The van der Waals surface area contributed by atoms with E-state index in [1.165, 1.54) is 0 Å². The Morgan fingerprint density at radius 3 is 2.43 bits per heavy atom. The molecule has 12 heteroatoms. The third-order valence-electron chi connectivity index (χ3n) is 0.811. The Balaban J connectivity index is 2.68. The van der Waals surface area contributed by atoms with Crippen molar-refractivity contribution in [1.29, 1.82) is 0 Å². The molecule has 14 heavy (non-hydrogen) atoms. The molecule has 10 nitrogen and oxygen atoms in total. The minimum atomic E-state index is -5.10. The van der Waals surface area contributed by atoms with Crippen molar-refractivity contribution in [3.63, 3.8) is 0 Å². The highest BCUT2D eigenvalue weighted by Crippen LogP contribution is 2.56. The van der Waals surface area contributed by atoms with Crippen molar-refractivity contribution in [2.45, 2.75) is 0 Å². The van der Waals surface area contributed by atoms with E-state index in [1.54, 1.807) is 0 Å². The highest BCUT2D eigenvalue weighted by atomic mass is 31.3. The van der Waals surface area contributed by atoms with E-state index < -0.39 is 21.5 Å². The second-order valence-electron chi connectivity index (χ2n) is 1.94. The fraction of sp³-hybridized carbons (Fsp3) is 0. The van der Waals surface area contributed by atoms with E-state index in [0.29, 0.717) is 0 Å². The van der Waals surface area contributed by atoms with Crippen LogP contribution >= 0.6 is 15.6 Å². The molecule has 1 heterocycles. The molecular formula is C2H5N3O7P2. The number of aromatic nitrogens is 3. The van der Waals surface area contributed by atoms with Crippen LogP contribution in [0.25, 0.3) is 0 Å². The van der Waals surface area contributed by atoms with Gasteiger partial charge >= 0.3 is 15.6 Å². The van der Waals surface area contributed by atoms with Gasteiger partial charge in [0.15, 0.2) is 0 Å². The third kappa shape index (κ3) is 3.97. The molecule has 0 bridgehead atoms. The van der Waals surface area contributed by atoms with E-state index in [-0.39, 0.29) is 0 Å². The second kappa shape index (κ2) is 3.77. The summed E-state index contributed by atoms with van der Waals surface area (Å²) in [5.74, 6) is -0.427. The van der Waals surface area contributed by atoms with Gasteiger partial charge < -0.3 is 14.3 Å². The van der Waals surface area contributed by atoms with Crippen molar-refractivity contribution in [2.24, 2.45) is 0 Å². The molecule has 4 N–H and O–H groups in total. The van der Waals surface area contributed by atoms with Crippen molar-refractivity contribution in [3.05, 3.63) is 6.20 Å². The van der Waals surface area contributed by atoms with Crippen molar-refractivity contribution in [1.82, 2.24) is 15.4 Å². The van der Waals surface area contributed by atoms with Crippen LogP contribution in [0.1, 0.15) is 0 Å². The van der Waals surface area contributed by atoms with Crippen LogP contribution in [0.3, 0.4) is 0 Å². The van der Waals surface area contributed by atoms with Crippen LogP contribution in [0.4, 0.5) is 0 Å². The van der Waals surface area contributed by atoms with Crippen LogP contribution in [-0.4, -0.2) is 30.1 Å². The van der Waals surface area contributed by atoms with Gasteiger partial charge in [0.25, 0.3) is 5.88 Å². The molecule has 0 aliphatic heterocycles. The summed E-state index contributed by atoms with van der Waals surface area (Å²) in [7, 11) is -9.99. The van der Waals surface area contributed by atoms with E-state index in [0.717, 1.165) is 6.20 Å². The molecule has 1 aromatic rings. The second-order valence-corrected chi connectivity index (χ2v) is 4.69. The number of aromatic amines is 1. The van der Waals surface area contributed by atoms with Gasteiger partial charge in [-0.25, -0.2) is 9.13 Å². The fourth-order valence-corrected chi connectivity index (χ4v) is 2.04. The Kier molecular flexibility index (Phi) is 3.05. The van der Waals surface area contributed by atoms with E-state index in [9.17, 15) is 9.13 Å². The third-order valence-corrected chi connectivity index (χ3v) is 2.91. The average Bonchev–Trinajstić information content (AvgIpc) is 2.31. The quantitative estimate of drug-likeness (QED) is 0.508. The molecule has 1 rings (SSSR count). The zero-order valence-electron chi connectivity index (χ0n) is 6.34. The summed E-state index contributed by atoms with van der Waals surface area (Å²) in [4.78, 5) is 25.2. The number of phosphoric ester groups is 1. The Morgan fingerprint density at radius 2 is 2.00 bits per heavy atom. The molecular weight excluding hydrogens is 240 g/mol. The Labute approximate surface area is 76.7 Å². The number of hydrogen-bond acceptors (Lipinski definition) is 6. The standard InChI is InChI=1S/C2H5N3O7P2/c6-13(7,8)12-14(9,10)11-2-1-3-5-4-2/h1H,(H,9,10)(H,3,4,5)(H2,6,7,8). The van der Waals surface area contributed by atoms with Crippen LogP contribution in [0.5, 0.6) is 5.88 Å². The lowest BCUT2D eigenvalue weighted by molar-refractivity contribution is 0.228. The fourth-order valence-electron chi connectivity index (χ4n) is 0.504. The number of hydrogen-bond donors (Lipinski definition) is 4. The monoisotopic (exact) mass is 245 g/mol. The summed E-state index contributed by atoms with van der Waals surface area (Å²) in [6, 6.07) is 0. The molecule has 80 valence electrons. The van der Waals surface area contributed by atoms with Gasteiger partial charge in [-0.15, -0.1) is 5.10 Å². The predicted molar refractivity (Wildman–Crippen MR) is 40.0 cm³/mol. The Bertz CT molecular complexity index is 382. The van der Waals surface area contributed by atoms with Crippen molar-refractivity contribution >= 4 is 15.6 Å². The first-order valence-electron chi connectivity index (χ1n) is 2.93. The molecule has 0 aliphatic carbocycles. The maximum Gasteiger partial charge on any atom is 0.537 e. The summed E-state index contributed by atoms with van der Waals surface area (Å²) in [6.07, 6.45) is 0.923. The first-order chi connectivity index (χ1) is 6.29. The van der Waals surface area contributed by atoms with Crippen molar-refractivity contribution in [3.8, 4) is 5.88 Å². The first-order valence-corrected chi connectivity index (χ1v) is 5.96. The van der Waals surface area contributed by atoms with Gasteiger partial charge in [0.2, 0.25) is 0 Å². The number of phosphoric acid groups is 2. The molecule has 0 aromatic carbocycles. The Hall–Kier alpha value is -0.760. The van der Waals surface area contributed by atoms with Crippen molar-refractivity contribution in [2.75, 3.05) is 0 Å². The molecule has 1 aromatic heterocycles. The lowest BCUT2D eigenvalue weighted by atomic mass is 10.9. The molecule has 0 saturated heterocycles. The number of nitrogens with one attached hydrogen (secondary N) is 1. The molecule has 0 fully saturated rings. The topological polar surface area (TPSA) is 155 Å². The number of nitrogens with zero attached hydrogens (tertiary/aromatic N) is 2. The van der Waals surface area contributed by atoms with Gasteiger partial charge in [-0.05, 0) is 0 Å². The minimum Gasteiger partial charge on any atom is -0.382 e. The largest absolute Gasteiger partial charge is 0.537 e. The number of H-pyrrole nitrogens is 1. The lowest BCUT2D eigenvalue weighted by Gasteiger charge is -2.10. The maximum absolute atomic E-state index is 10.8. The zero-order valence-corrected chi connectivity index (χ0v) is 8.13. The molecule has 0 amide bonds. The zero-order chi connectivity index (χ0) is 10.8. The van der Waals surface area contributed by atoms with Gasteiger partial charge in [0, 0.05) is 0 Å². The average molecular weight is 245 g/mol. The van der Waals surface area contributed by atoms with Gasteiger partial charge in [-0.2, -0.15) is 14.6 Å². The highest BCUT2D eigenvalue weighted by Gasteiger charge is 2.34. The predicted octanol–water partition coefficient (Wildman–Crippen LogP) is -0.607. The SMILES string of the molecule is O=P(O)(O)OP(=O)(O)Oc1cn[nH]n1. The van der Waals surface area contributed by atoms with Gasteiger partial charge in [0.05, 0.1) is 0 Å². The smallest absolute Gasteiger partial charge is 0.382 e. The molecule has 1 atom stereocenters.